The SMILES string of the molecule is CNCC(NC(=O)N1CCCC(C(O)(CCCCOC)c2cccc(F)c2F)C1)C(O)C1CCCCC1. The smallest absolute Gasteiger partial charge is 0.317 e. The summed E-state index contributed by atoms with van der Waals surface area (Å²) < 4.78 is 34.2. The zero-order valence-corrected chi connectivity index (χ0v) is 22.4. The van der Waals surface area contributed by atoms with Gasteiger partial charge in [0.15, 0.2) is 11.6 Å². The first-order chi connectivity index (χ1) is 17.8. The predicted molar refractivity (Wildman–Crippen MR) is 139 cm³/mol. The Morgan fingerprint density at radius 2 is 1.95 bits per heavy atom. The number of amides is 2. The fourth-order valence-corrected chi connectivity index (χ4v) is 6.12. The molecule has 37 heavy (non-hydrogen) atoms. The van der Waals surface area contributed by atoms with Crippen LogP contribution >= 0.6 is 0 Å². The molecule has 4 unspecified atom stereocenters. The number of carbonyl (C=O) groups is 1. The molecule has 1 aromatic carbocycles. The number of rotatable bonds is 12. The number of likely N-dealkylation sites (tertiary alicyclic amines) is 1. The molecule has 2 fully saturated rings. The lowest BCUT2D eigenvalue weighted by atomic mass is 9.74. The van der Waals surface area contributed by atoms with Crippen LogP contribution in [-0.4, -0.2) is 73.7 Å². The van der Waals surface area contributed by atoms with Crippen molar-refractivity contribution in [3.8, 4) is 0 Å². The van der Waals surface area contributed by atoms with Gasteiger partial charge in [0.05, 0.1) is 17.7 Å². The number of aliphatic hydroxyl groups excluding tert-OH is 1. The van der Waals surface area contributed by atoms with Gasteiger partial charge in [0.2, 0.25) is 0 Å². The molecule has 1 aliphatic heterocycles. The number of halogens is 2. The molecule has 1 aliphatic carbocycles. The van der Waals surface area contributed by atoms with Gasteiger partial charge in [0.1, 0.15) is 0 Å². The van der Waals surface area contributed by atoms with Crippen LogP contribution < -0.4 is 10.6 Å². The molecular formula is C28H45F2N3O4. The Kier molecular flexibility index (Phi) is 11.6. The molecule has 210 valence electrons. The number of nitrogens with one attached hydrogen (secondary N) is 2. The van der Waals surface area contributed by atoms with Crippen LogP contribution in [0.25, 0.3) is 0 Å². The maximum atomic E-state index is 14.9. The van der Waals surface area contributed by atoms with Crippen molar-refractivity contribution in [1.29, 1.82) is 0 Å². The quantitative estimate of drug-likeness (QED) is 0.311. The molecule has 0 radical (unpaired) electrons. The van der Waals surface area contributed by atoms with Crippen molar-refractivity contribution in [3.05, 3.63) is 35.4 Å². The maximum Gasteiger partial charge on any atom is 0.317 e. The molecule has 0 aromatic heterocycles. The average molecular weight is 526 g/mol. The van der Waals surface area contributed by atoms with E-state index in [1.807, 2.05) is 0 Å². The van der Waals surface area contributed by atoms with E-state index in [0.717, 1.165) is 31.7 Å². The third-order valence-corrected chi connectivity index (χ3v) is 8.24. The van der Waals surface area contributed by atoms with E-state index in [1.165, 1.54) is 18.6 Å². The van der Waals surface area contributed by atoms with Gasteiger partial charge in [0.25, 0.3) is 0 Å². The minimum Gasteiger partial charge on any atom is -0.391 e. The van der Waals surface area contributed by atoms with Gasteiger partial charge in [-0.15, -0.1) is 0 Å². The van der Waals surface area contributed by atoms with Crippen LogP contribution in [-0.2, 0) is 10.3 Å². The number of likely N-dealkylation sites (N-methyl/N-ethyl adjacent to an activating group) is 1. The van der Waals surface area contributed by atoms with E-state index in [4.69, 9.17) is 4.74 Å². The van der Waals surface area contributed by atoms with Crippen LogP contribution in [0.3, 0.4) is 0 Å². The Morgan fingerprint density at radius 1 is 1.19 bits per heavy atom. The normalized spacial score (nSPS) is 22.3. The van der Waals surface area contributed by atoms with Gasteiger partial charge in [-0.1, -0.05) is 31.4 Å². The summed E-state index contributed by atoms with van der Waals surface area (Å²) in [4.78, 5) is 15.0. The number of urea groups is 1. The van der Waals surface area contributed by atoms with Gasteiger partial charge in [0, 0.05) is 44.8 Å². The fraction of sp³-hybridized carbons (Fsp3) is 0.750. The Bertz CT molecular complexity index is 855. The summed E-state index contributed by atoms with van der Waals surface area (Å²) in [6.45, 7) is 1.67. The van der Waals surface area contributed by atoms with E-state index in [2.05, 4.69) is 10.6 Å². The number of aliphatic hydroxyl groups is 2. The van der Waals surface area contributed by atoms with Crippen molar-refractivity contribution in [2.75, 3.05) is 40.4 Å². The zero-order chi connectivity index (χ0) is 26.8. The van der Waals surface area contributed by atoms with E-state index in [1.54, 1.807) is 19.1 Å². The highest BCUT2D eigenvalue weighted by Gasteiger charge is 2.43. The number of benzene rings is 1. The van der Waals surface area contributed by atoms with Crippen molar-refractivity contribution in [3.63, 3.8) is 0 Å². The molecule has 1 saturated carbocycles. The number of hydrogen-bond acceptors (Lipinski definition) is 5. The number of piperidine rings is 1. The second-order valence-electron chi connectivity index (χ2n) is 10.8. The summed E-state index contributed by atoms with van der Waals surface area (Å²) in [7, 11) is 3.39. The van der Waals surface area contributed by atoms with Gasteiger partial charge in [-0.2, -0.15) is 0 Å². The molecule has 3 rings (SSSR count). The minimum absolute atomic E-state index is 0.0574. The van der Waals surface area contributed by atoms with Gasteiger partial charge in [-0.25, -0.2) is 13.6 Å². The molecule has 0 spiro atoms. The summed E-state index contributed by atoms with van der Waals surface area (Å²) >= 11 is 0. The Labute approximate surface area is 220 Å². The van der Waals surface area contributed by atoms with Crippen LogP contribution in [0, 0.1) is 23.5 Å². The monoisotopic (exact) mass is 525 g/mol. The van der Waals surface area contributed by atoms with Crippen molar-refractivity contribution < 1.29 is 28.5 Å². The van der Waals surface area contributed by atoms with E-state index in [-0.39, 0.29) is 30.5 Å². The maximum absolute atomic E-state index is 14.9. The molecule has 2 aliphatic rings. The van der Waals surface area contributed by atoms with Crippen molar-refractivity contribution in [2.24, 2.45) is 11.8 Å². The number of carbonyl (C=O) groups excluding carboxylic acids is 1. The molecule has 1 heterocycles. The van der Waals surface area contributed by atoms with E-state index in [9.17, 15) is 23.8 Å². The van der Waals surface area contributed by atoms with Crippen LogP contribution in [0.4, 0.5) is 13.6 Å². The van der Waals surface area contributed by atoms with Crippen LogP contribution in [0.15, 0.2) is 18.2 Å². The topological polar surface area (TPSA) is 94.1 Å². The average Bonchev–Trinajstić information content (AvgIpc) is 2.92. The largest absolute Gasteiger partial charge is 0.391 e. The van der Waals surface area contributed by atoms with Crippen molar-refractivity contribution in [1.82, 2.24) is 15.5 Å². The number of methoxy groups -OCH3 is 1. The lowest BCUT2D eigenvalue weighted by Gasteiger charge is -2.43. The first-order valence-electron chi connectivity index (χ1n) is 13.9. The molecule has 9 heteroatoms. The Balaban J connectivity index is 1.75. The van der Waals surface area contributed by atoms with Gasteiger partial charge < -0.3 is 30.5 Å². The second kappa shape index (κ2) is 14.4. The lowest BCUT2D eigenvalue weighted by molar-refractivity contribution is -0.0594. The van der Waals surface area contributed by atoms with Crippen LogP contribution in [0.5, 0.6) is 0 Å². The highest BCUT2D eigenvalue weighted by atomic mass is 19.2. The summed E-state index contributed by atoms with van der Waals surface area (Å²) in [5, 5.41) is 29.0. The highest BCUT2D eigenvalue weighted by molar-refractivity contribution is 5.74. The first-order valence-corrected chi connectivity index (χ1v) is 13.9. The first kappa shape index (κ1) is 29.7. The van der Waals surface area contributed by atoms with E-state index < -0.39 is 35.3 Å². The molecule has 1 saturated heterocycles. The Morgan fingerprint density at radius 3 is 2.65 bits per heavy atom. The molecule has 4 atom stereocenters. The lowest BCUT2D eigenvalue weighted by Crippen LogP contribution is -2.57. The summed E-state index contributed by atoms with van der Waals surface area (Å²) in [5.41, 5.74) is -1.68. The Hall–Kier alpha value is -1.81. The highest BCUT2D eigenvalue weighted by Crippen LogP contribution is 2.41. The zero-order valence-electron chi connectivity index (χ0n) is 22.4. The summed E-state index contributed by atoms with van der Waals surface area (Å²) in [5.74, 6) is -2.33. The van der Waals surface area contributed by atoms with Crippen molar-refractivity contribution >= 4 is 6.03 Å². The number of unbranched alkanes of at least 4 members (excludes halogenated alkanes) is 1. The number of nitrogens with zero attached hydrogens (tertiary/aromatic N) is 1. The standard InChI is InChI=1S/C28H45F2N3O4/c1-31-18-24(26(34)20-10-4-3-5-11-20)32-27(35)33-16-9-12-21(19-33)28(36,15-6-7-17-37-2)22-13-8-14-23(29)25(22)30/h8,13-14,20-21,24,26,31,34,36H,3-7,9-12,15-19H2,1-2H3,(H,32,35). The van der Waals surface area contributed by atoms with E-state index >= 15 is 0 Å². The summed E-state index contributed by atoms with van der Waals surface area (Å²) in [6.07, 6.45) is 7.35. The minimum atomic E-state index is -1.62. The van der Waals surface area contributed by atoms with Gasteiger partial charge in [-0.3, -0.25) is 0 Å². The summed E-state index contributed by atoms with van der Waals surface area (Å²) in [6, 6.07) is 3.16. The van der Waals surface area contributed by atoms with Gasteiger partial charge in [-0.05, 0) is 64.0 Å². The van der Waals surface area contributed by atoms with E-state index in [0.29, 0.717) is 45.4 Å². The molecule has 0 bridgehead atoms. The predicted octanol–water partition coefficient (Wildman–Crippen LogP) is 3.92. The molecule has 4 N–H and O–H groups in total. The fourth-order valence-electron chi connectivity index (χ4n) is 6.12. The van der Waals surface area contributed by atoms with Crippen LogP contribution in [0.1, 0.15) is 69.8 Å². The molecule has 2 amide bonds. The van der Waals surface area contributed by atoms with Gasteiger partial charge >= 0.3 is 6.03 Å². The van der Waals surface area contributed by atoms with Crippen LogP contribution in [0.2, 0.25) is 0 Å². The third kappa shape index (κ3) is 7.62. The second-order valence-corrected chi connectivity index (χ2v) is 10.8. The molecular weight excluding hydrogens is 480 g/mol. The number of hydrogen-bond donors (Lipinski definition) is 4. The number of ether oxygens (including phenoxy) is 1. The molecule has 7 nitrogen and oxygen atoms in total. The molecule has 1 aromatic rings. The van der Waals surface area contributed by atoms with Crippen molar-refractivity contribution in [2.45, 2.75) is 82.0 Å². The third-order valence-electron chi connectivity index (χ3n) is 8.24.